The normalized spacial score (nSPS) is 10.5. The van der Waals surface area contributed by atoms with Gasteiger partial charge in [-0.15, -0.1) is 8.58 Å². The van der Waals surface area contributed by atoms with Gasteiger partial charge in [-0.05, 0) is 19.2 Å². The van der Waals surface area contributed by atoms with Gasteiger partial charge in [-0.2, -0.15) is 0 Å². The monoisotopic (exact) mass is 315 g/mol. The van der Waals surface area contributed by atoms with Gasteiger partial charge in [-0.3, -0.25) is 0 Å². The zero-order chi connectivity index (χ0) is 8.36. The van der Waals surface area contributed by atoms with Crippen molar-refractivity contribution in [2.45, 2.75) is 51.9 Å². The predicted octanol–water partition coefficient (Wildman–Crippen LogP) is 4.05. The van der Waals surface area contributed by atoms with Gasteiger partial charge in [0.15, 0.2) is 0 Å². The summed E-state index contributed by atoms with van der Waals surface area (Å²) in [6.07, 6.45) is 11.6. The molecule has 0 bridgehead atoms. The van der Waals surface area contributed by atoms with E-state index in [1.807, 2.05) is 0 Å². The first-order chi connectivity index (χ1) is 5.41. The number of rotatable bonds is 8. The minimum atomic E-state index is 0. The van der Waals surface area contributed by atoms with Crippen molar-refractivity contribution in [1.82, 2.24) is 0 Å². The molecule has 0 rings (SSSR count). The summed E-state index contributed by atoms with van der Waals surface area (Å²) in [6, 6.07) is 0. The Labute approximate surface area is 113 Å². The Balaban J connectivity index is 0. The van der Waals surface area contributed by atoms with Crippen LogP contribution in [0.1, 0.15) is 51.9 Å². The molecule has 0 heterocycles. The average Bonchev–Trinajstić information content (AvgIpc) is 2.03. The van der Waals surface area contributed by atoms with Crippen LogP contribution in [0.4, 0.5) is 0 Å². The molecule has 0 saturated heterocycles. The molecule has 0 nitrogen and oxygen atoms in total. The molecule has 0 aliphatic carbocycles. The Morgan fingerprint density at radius 1 is 0.833 bits per heavy atom. The molecule has 0 amide bonds. The van der Waals surface area contributed by atoms with E-state index in [-0.39, 0.29) is 41.3 Å². The zero-order valence-corrected chi connectivity index (χ0v) is 13.4. The molecule has 2 heteroatoms. The van der Waals surface area contributed by atoms with E-state index < -0.39 is 0 Å². The maximum Gasteiger partial charge on any atom is 0 e. The summed E-state index contributed by atoms with van der Waals surface area (Å²) in [5.41, 5.74) is 0. The molecular weight excluding hydrogens is 292 g/mol. The van der Waals surface area contributed by atoms with Crippen molar-refractivity contribution in [2.75, 3.05) is 12.8 Å². The molecule has 0 saturated carbocycles. The van der Waals surface area contributed by atoms with Crippen LogP contribution in [-0.4, -0.2) is 12.8 Å². The van der Waals surface area contributed by atoms with Crippen molar-refractivity contribution >= 4 is 8.58 Å². The van der Waals surface area contributed by atoms with Gasteiger partial charge in [0.1, 0.15) is 0 Å². The Bertz CT molecular complexity index is 58.9. The van der Waals surface area contributed by atoms with Gasteiger partial charge >= 0.3 is 0 Å². The molecule has 1 radical (unpaired) electrons. The van der Waals surface area contributed by atoms with Crippen molar-refractivity contribution in [3.05, 3.63) is 0 Å². The van der Waals surface area contributed by atoms with E-state index in [2.05, 4.69) is 13.6 Å². The SMILES string of the molecule is CCCCCCCCCPC.[Pr]. The van der Waals surface area contributed by atoms with Gasteiger partial charge in [-0.25, -0.2) is 0 Å². The zero-order valence-electron chi connectivity index (χ0n) is 8.73. The summed E-state index contributed by atoms with van der Waals surface area (Å²) in [5, 5.41) is 0. The molecule has 0 aliphatic rings. The van der Waals surface area contributed by atoms with Gasteiger partial charge in [-0.1, -0.05) is 45.4 Å². The van der Waals surface area contributed by atoms with Crippen molar-refractivity contribution in [3.8, 4) is 0 Å². The molecular formula is C10H23PPr. The summed E-state index contributed by atoms with van der Waals surface area (Å²) in [4.78, 5) is 0. The second-order valence-electron chi connectivity index (χ2n) is 3.22. The van der Waals surface area contributed by atoms with Crippen molar-refractivity contribution in [1.29, 1.82) is 0 Å². The van der Waals surface area contributed by atoms with Crippen LogP contribution in [0.15, 0.2) is 0 Å². The van der Waals surface area contributed by atoms with Crippen LogP contribution < -0.4 is 0 Å². The van der Waals surface area contributed by atoms with Crippen molar-refractivity contribution < 1.29 is 41.3 Å². The standard InChI is InChI=1S/C10H23P.Pr/c1-3-4-5-6-7-8-9-10-11-2;/h11H,3-10H2,1-2H3;. The maximum absolute atomic E-state index is 2.30. The van der Waals surface area contributed by atoms with Crippen LogP contribution in [-0.2, 0) is 0 Å². The number of hydrogen-bond acceptors (Lipinski definition) is 0. The van der Waals surface area contributed by atoms with E-state index in [9.17, 15) is 0 Å². The quantitative estimate of drug-likeness (QED) is 0.468. The fourth-order valence-electron chi connectivity index (χ4n) is 1.26. The van der Waals surface area contributed by atoms with Crippen molar-refractivity contribution in [2.24, 2.45) is 0 Å². The van der Waals surface area contributed by atoms with E-state index >= 15 is 0 Å². The molecule has 0 aliphatic heterocycles. The molecule has 71 valence electrons. The minimum absolute atomic E-state index is 0. The van der Waals surface area contributed by atoms with Crippen LogP contribution in [0.3, 0.4) is 0 Å². The summed E-state index contributed by atoms with van der Waals surface area (Å²) in [7, 11) is 1.17. The average molecular weight is 315 g/mol. The topological polar surface area (TPSA) is 0 Å². The van der Waals surface area contributed by atoms with Gasteiger partial charge in [0.05, 0.1) is 0 Å². The van der Waals surface area contributed by atoms with E-state index in [1.165, 1.54) is 59.7 Å². The Hall–Kier alpha value is 1.79. The third-order valence-corrected chi connectivity index (χ3v) is 2.88. The second-order valence-corrected chi connectivity index (χ2v) is 4.43. The van der Waals surface area contributed by atoms with Crippen LogP contribution in [0.25, 0.3) is 0 Å². The molecule has 0 aromatic carbocycles. The first kappa shape index (κ1) is 16.2. The molecule has 0 N–H and O–H groups in total. The van der Waals surface area contributed by atoms with E-state index in [0.29, 0.717) is 0 Å². The second kappa shape index (κ2) is 15.3. The van der Waals surface area contributed by atoms with Crippen molar-refractivity contribution in [3.63, 3.8) is 0 Å². The van der Waals surface area contributed by atoms with Crippen LogP contribution in [0.2, 0.25) is 0 Å². The summed E-state index contributed by atoms with van der Waals surface area (Å²) in [6.45, 7) is 4.58. The van der Waals surface area contributed by atoms with E-state index in [0.717, 1.165) is 0 Å². The number of unbranched alkanes of at least 4 members (excludes halogenated alkanes) is 6. The summed E-state index contributed by atoms with van der Waals surface area (Å²) < 4.78 is 0. The Kier molecular flexibility index (Phi) is 20.7. The van der Waals surface area contributed by atoms with Gasteiger partial charge in [0.2, 0.25) is 0 Å². The first-order valence-corrected chi connectivity index (χ1v) is 6.77. The first-order valence-electron chi connectivity index (χ1n) is 5.06. The summed E-state index contributed by atoms with van der Waals surface area (Å²) in [5.74, 6) is 0. The van der Waals surface area contributed by atoms with Crippen LogP contribution in [0.5, 0.6) is 0 Å². The molecule has 0 aromatic rings. The molecule has 0 spiro atoms. The van der Waals surface area contributed by atoms with Gasteiger partial charge in [0, 0.05) is 41.3 Å². The minimum Gasteiger partial charge on any atom is -0.125 e. The van der Waals surface area contributed by atoms with Crippen LogP contribution in [0, 0.1) is 41.3 Å². The third kappa shape index (κ3) is 14.3. The molecule has 1 atom stereocenters. The smallest absolute Gasteiger partial charge is 0 e. The maximum atomic E-state index is 2.30. The molecule has 1 unspecified atom stereocenters. The third-order valence-electron chi connectivity index (χ3n) is 2.03. The van der Waals surface area contributed by atoms with Gasteiger partial charge < -0.3 is 0 Å². The molecule has 0 fully saturated rings. The van der Waals surface area contributed by atoms with E-state index in [4.69, 9.17) is 0 Å². The largest absolute Gasteiger partial charge is 0.125 e. The fourth-order valence-corrected chi connectivity index (χ4v) is 1.86. The molecule has 0 aromatic heterocycles. The molecule has 12 heavy (non-hydrogen) atoms. The van der Waals surface area contributed by atoms with E-state index in [1.54, 1.807) is 0 Å². The van der Waals surface area contributed by atoms with Gasteiger partial charge in [0.25, 0.3) is 0 Å². The van der Waals surface area contributed by atoms with Crippen LogP contribution >= 0.6 is 8.58 Å². The number of hydrogen-bond donors (Lipinski definition) is 0. The Morgan fingerprint density at radius 3 is 1.83 bits per heavy atom. The Morgan fingerprint density at radius 2 is 1.33 bits per heavy atom. The summed E-state index contributed by atoms with van der Waals surface area (Å²) >= 11 is 0. The fraction of sp³-hybridized carbons (Fsp3) is 1.00. The predicted molar refractivity (Wildman–Crippen MR) is 57.1 cm³/mol.